The molecule has 0 bridgehead atoms. The van der Waals surface area contributed by atoms with Crippen LogP contribution >= 0.6 is 0 Å². The van der Waals surface area contributed by atoms with E-state index in [0.29, 0.717) is 0 Å². The third-order valence-electron chi connectivity index (χ3n) is 6.54. The molecular formula is C28H19N3. The zero-order valence-electron chi connectivity index (χ0n) is 17.3. The lowest BCUT2D eigenvalue weighted by atomic mass is 10.0. The SMILES string of the molecule is Cc1ccc2c(c1)c1cc(C)ccc1n2-c1ccc2c3c(cccc13)-c1nccnc1-2. The molecule has 4 aromatic carbocycles. The van der Waals surface area contributed by atoms with Gasteiger partial charge in [0.1, 0.15) is 0 Å². The predicted octanol–water partition coefficient (Wildman–Crippen LogP) is 6.99. The molecule has 0 fully saturated rings. The van der Waals surface area contributed by atoms with Gasteiger partial charge in [-0.3, -0.25) is 9.97 Å². The average Bonchev–Trinajstić information content (AvgIpc) is 3.28. The van der Waals surface area contributed by atoms with Crippen LogP contribution in [0.2, 0.25) is 0 Å². The van der Waals surface area contributed by atoms with Crippen LogP contribution < -0.4 is 0 Å². The van der Waals surface area contributed by atoms with Crippen LogP contribution in [0.25, 0.3) is 60.8 Å². The average molecular weight is 397 g/mol. The van der Waals surface area contributed by atoms with Crippen LogP contribution in [0.5, 0.6) is 0 Å². The smallest absolute Gasteiger partial charge is 0.0971 e. The number of hydrogen-bond acceptors (Lipinski definition) is 2. The molecule has 0 N–H and O–H groups in total. The van der Waals surface area contributed by atoms with Crippen molar-refractivity contribution in [2.75, 3.05) is 0 Å². The maximum atomic E-state index is 4.64. The van der Waals surface area contributed by atoms with Gasteiger partial charge in [-0.15, -0.1) is 0 Å². The van der Waals surface area contributed by atoms with Crippen molar-refractivity contribution in [2.45, 2.75) is 13.8 Å². The standard InChI is InChI=1S/C28H19N3/c1-16-6-9-24-21(14-16)22-15-17(2)7-10-25(22)31(24)23-11-8-20-26-18(23)4-3-5-19(26)27-28(20)30-13-12-29-27/h3-15H,1-2H3. The van der Waals surface area contributed by atoms with Crippen molar-refractivity contribution in [3.63, 3.8) is 0 Å². The van der Waals surface area contributed by atoms with Crippen molar-refractivity contribution in [1.82, 2.24) is 14.5 Å². The Hall–Kier alpha value is -3.98. The first-order chi connectivity index (χ1) is 15.2. The Morgan fingerprint density at radius 3 is 1.87 bits per heavy atom. The molecule has 0 saturated heterocycles. The number of rotatable bonds is 1. The van der Waals surface area contributed by atoms with Crippen LogP contribution in [0.3, 0.4) is 0 Å². The largest absolute Gasteiger partial charge is 0.309 e. The van der Waals surface area contributed by atoms with Gasteiger partial charge in [0.25, 0.3) is 0 Å². The van der Waals surface area contributed by atoms with Crippen molar-refractivity contribution in [1.29, 1.82) is 0 Å². The summed E-state index contributed by atoms with van der Waals surface area (Å²) >= 11 is 0. The fourth-order valence-electron chi connectivity index (χ4n) is 5.22. The van der Waals surface area contributed by atoms with E-state index in [2.05, 4.69) is 95.1 Å². The summed E-state index contributed by atoms with van der Waals surface area (Å²) in [6, 6.07) is 24.5. The van der Waals surface area contributed by atoms with E-state index >= 15 is 0 Å². The molecule has 1 aliphatic carbocycles. The summed E-state index contributed by atoms with van der Waals surface area (Å²) in [7, 11) is 0. The van der Waals surface area contributed by atoms with Crippen molar-refractivity contribution >= 4 is 32.6 Å². The highest BCUT2D eigenvalue weighted by atomic mass is 15.0. The molecule has 0 aliphatic heterocycles. The number of fused-ring (bicyclic) bond motifs is 6. The van der Waals surface area contributed by atoms with Gasteiger partial charge >= 0.3 is 0 Å². The van der Waals surface area contributed by atoms with Crippen LogP contribution in [0.4, 0.5) is 0 Å². The lowest BCUT2D eigenvalue weighted by Crippen LogP contribution is -1.96. The highest BCUT2D eigenvalue weighted by Crippen LogP contribution is 2.47. The fourth-order valence-corrected chi connectivity index (χ4v) is 5.22. The van der Waals surface area contributed by atoms with Crippen molar-refractivity contribution in [3.8, 4) is 28.2 Å². The van der Waals surface area contributed by atoms with Gasteiger partial charge in [-0.25, -0.2) is 0 Å². The van der Waals surface area contributed by atoms with E-state index in [4.69, 9.17) is 0 Å². The fraction of sp³-hybridized carbons (Fsp3) is 0.0714. The minimum absolute atomic E-state index is 0.980. The maximum absolute atomic E-state index is 4.64. The molecule has 2 heterocycles. The van der Waals surface area contributed by atoms with E-state index in [1.165, 1.54) is 60.5 Å². The molecule has 0 unspecified atom stereocenters. The Labute approximate surface area is 179 Å². The van der Waals surface area contributed by atoms with Crippen LogP contribution in [0, 0.1) is 13.8 Å². The highest BCUT2D eigenvalue weighted by Gasteiger charge is 2.25. The van der Waals surface area contributed by atoms with Crippen molar-refractivity contribution in [3.05, 3.63) is 90.3 Å². The molecule has 3 heteroatoms. The molecule has 0 saturated carbocycles. The van der Waals surface area contributed by atoms with Gasteiger partial charge in [0.2, 0.25) is 0 Å². The molecule has 0 amide bonds. The summed E-state index contributed by atoms with van der Waals surface area (Å²) in [5, 5.41) is 5.08. The quantitative estimate of drug-likeness (QED) is 0.299. The topological polar surface area (TPSA) is 30.7 Å². The normalized spacial score (nSPS) is 12.2. The lowest BCUT2D eigenvalue weighted by molar-refractivity contribution is 1.19. The molecule has 3 nitrogen and oxygen atoms in total. The first-order valence-electron chi connectivity index (χ1n) is 10.6. The van der Waals surface area contributed by atoms with Gasteiger partial charge in [0, 0.05) is 45.1 Å². The second-order valence-electron chi connectivity index (χ2n) is 8.49. The Kier molecular flexibility index (Phi) is 3.14. The van der Waals surface area contributed by atoms with E-state index in [9.17, 15) is 0 Å². The van der Waals surface area contributed by atoms with E-state index in [1.54, 1.807) is 12.4 Å². The second-order valence-corrected chi connectivity index (χ2v) is 8.49. The maximum Gasteiger partial charge on any atom is 0.0971 e. The summed E-state index contributed by atoms with van der Waals surface area (Å²) in [6.45, 7) is 4.32. The molecule has 31 heavy (non-hydrogen) atoms. The molecule has 7 rings (SSSR count). The lowest BCUT2D eigenvalue weighted by Gasteiger charge is -2.13. The second kappa shape index (κ2) is 5.79. The van der Waals surface area contributed by atoms with Crippen LogP contribution in [0.1, 0.15) is 11.1 Å². The van der Waals surface area contributed by atoms with E-state index in [-0.39, 0.29) is 0 Å². The molecule has 0 radical (unpaired) electrons. The minimum atomic E-state index is 0.980. The molecule has 6 aromatic rings. The van der Waals surface area contributed by atoms with Crippen LogP contribution in [0.15, 0.2) is 79.1 Å². The Morgan fingerprint density at radius 2 is 1.23 bits per heavy atom. The zero-order chi connectivity index (χ0) is 20.7. The monoisotopic (exact) mass is 397 g/mol. The van der Waals surface area contributed by atoms with Crippen molar-refractivity contribution < 1.29 is 0 Å². The molecule has 0 spiro atoms. The molecular weight excluding hydrogens is 378 g/mol. The van der Waals surface area contributed by atoms with E-state index in [0.717, 1.165) is 11.4 Å². The van der Waals surface area contributed by atoms with E-state index in [1.807, 2.05) is 0 Å². The third-order valence-corrected chi connectivity index (χ3v) is 6.54. The van der Waals surface area contributed by atoms with E-state index < -0.39 is 0 Å². The number of nitrogens with zero attached hydrogens (tertiary/aromatic N) is 3. The van der Waals surface area contributed by atoms with Gasteiger partial charge < -0.3 is 4.57 Å². The first-order valence-corrected chi connectivity index (χ1v) is 10.6. The van der Waals surface area contributed by atoms with Gasteiger partial charge in [0.15, 0.2) is 0 Å². The molecule has 146 valence electrons. The van der Waals surface area contributed by atoms with Crippen molar-refractivity contribution in [2.24, 2.45) is 0 Å². The number of aryl methyl sites for hydroxylation is 2. The first kappa shape index (κ1) is 16.8. The van der Waals surface area contributed by atoms with Gasteiger partial charge in [-0.1, -0.05) is 41.5 Å². The van der Waals surface area contributed by atoms with Gasteiger partial charge in [-0.2, -0.15) is 0 Å². The Bertz CT molecular complexity index is 1620. The summed E-state index contributed by atoms with van der Waals surface area (Å²) in [5.41, 5.74) is 10.5. The van der Waals surface area contributed by atoms with Crippen LogP contribution in [-0.4, -0.2) is 14.5 Å². The zero-order valence-corrected chi connectivity index (χ0v) is 17.3. The number of aromatic nitrogens is 3. The van der Waals surface area contributed by atoms with Crippen LogP contribution in [-0.2, 0) is 0 Å². The summed E-state index contributed by atoms with van der Waals surface area (Å²) < 4.78 is 2.41. The number of benzene rings is 4. The van der Waals surface area contributed by atoms with Gasteiger partial charge in [-0.05, 0) is 50.2 Å². The molecule has 1 aliphatic rings. The molecule has 2 aromatic heterocycles. The summed E-state index contributed by atoms with van der Waals surface area (Å²) in [6.07, 6.45) is 3.56. The summed E-state index contributed by atoms with van der Waals surface area (Å²) in [5.74, 6) is 0. The molecule has 0 atom stereocenters. The van der Waals surface area contributed by atoms with Gasteiger partial charge in [0.05, 0.1) is 28.1 Å². The highest BCUT2D eigenvalue weighted by molar-refractivity contribution is 6.17. The predicted molar refractivity (Wildman–Crippen MR) is 128 cm³/mol. The summed E-state index contributed by atoms with van der Waals surface area (Å²) in [4.78, 5) is 9.28. The Morgan fingerprint density at radius 1 is 0.613 bits per heavy atom. The minimum Gasteiger partial charge on any atom is -0.309 e. The third kappa shape index (κ3) is 2.13. The Balaban J connectivity index is 1.65. The number of hydrogen-bond donors (Lipinski definition) is 0.